The molecule has 0 fully saturated rings. The number of aryl methyl sites for hydroxylation is 1. The van der Waals surface area contributed by atoms with Gasteiger partial charge in [0.1, 0.15) is 5.69 Å². The van der Waals surface area contributed by atoms with Crippen LogP contribution in [0.2, 0.25) is 0 Å². The number of nitrogens with zero attached hydrogens (tertiary/aromatic N) is 1. The molecule has 2 rings (SSSR count). The Kier molecular flexibility index (Phi) is 3.32. The summed E-state index contributed by atoms with van der Waals surface area (Å²) in [5.41, 5.74) is 2.26. The Morgan fingerprint density at radius 1 is 1.39 bits per heavy atom. The number of anilines is 1. The molecule has 94 valence electrons. The molecule has 0 amide bonds. The Bertz CT molecular complexity index is 558. The van der Waals surface area contributed by atoms with Gasteiger partial charge in [0, 0.05) is 12.6 Å². The molecule has 2 N–H and O–H groups in total. The van der Waals surface area contributed by atoms with Gasteiger partial charge in [-0.05, 0) is 12.0 Å². The number of aromatic carboxylic acids is 1. The zero-order valence-electron chi connectivity index (χ0n) is 10.2. The zero-order chi connectivity index (χ0) is 13.1. The molecule has 0 spiro atoms. The number of carboxylic acids is 1. The summed E-state index contributed by atoms with van der Waals surface area (Å²) >= 11 is 0. The van der Waals surface area contributed by atoms with Crippen LogP contribution in [0.4, 0.5) is 6.01 Å². The second-order valence-electron chi connectivity index (χ2n) is 3.80. The number of carboxylic acid groups (broad SMARTS) is 1. The Morgan fingerprint density at radius 3 is 2.56 bits per heavy atom. The minimum absolute atomic E-state index is 0.149. The van der Waals surface area contributed by atoms with Crippen LogP contribution in [0.15, 0.2) is 28.7 Å². The fraction of sp³-hybridized carbons (Fsp3) is 0.231. The van der Waals surface area contributed by atoms with Gasteiger partial charge < -0.3 is 14.8 Å². The maximum Gasteiger partial charge on any atom is 0.374 e. The van der Waals surface area contributed by atoms with Gasteiger partial charge in [-0.25, -0.2) is 4.79 Å². The van der Waals surface area contributed by atoms with Crippen molar-refractivity contribution in [2.24, 2.45) is 0 Å². The van der Waals surface area contributed by atoms with Gasteiger partial charge in [0.2, 0.25) is 5.76 Å². The minimum Gasteiger partial charge on any atom is -0.475 e. The molecule has 2 aromatic rings. The molecule has 5 heteroatoms. The largest absolute Gasteiger partial charge is 0.475 e. The molecule has 1 aromatic heterocycles. The Morgan fingerprint density at radius 2 is 2.06 bits per heavy atom. The summed E-state index contributed by atoms with van der Waals surface area (Å²) in [7, 11) is 1.63. The molecule has 0 atom stereocenters. The molecule has 0 bridgehead atoms. The lowest BCUT2D eigenvalue weighted by Gasteiger charge is -1.99. The van der Waals surface area contributed by atoms with Crippen LogP contribution in [0.1, 0.15) is 23.0 Å². The van der Waals surface area contributed by atoms with E-state index < -0.39 is 5.97 Å². The topological polar surface area (TPSA) is 75.4 Å². The smallest absolute Gasteiger partial charge is 0.374 e. The molecule has 0 aliphatic heterocycles. The molecule has 0 aliphatic carbocycles. The summed E-state index contributed by atoms with van der Waals surface area (Å²) in [6.07, 6.45) is 0.937. The normalized spacial score (nSPS) is 10.3. The molecular weight excluding hydrogens is 232 g/mol. The lowest BCUT2D eigenvalue weighted by Crippen LogP contribution is -1.96. The van der Waals surface area contributed by atoms with Crippen LogP contribution < -0.4 is 5.32 Å². The molecular formula is C13H14N2O3. The first kappa shape index (κ1) is 12.2. The number of carbonyl (C=O) groups is 1. The fourth-order valence-corrected chi connectivity index (χ4v) is 1.67. The van der Waals surface area contributed by atoms with Crippen molar-refractivity contribution in [3.05, 3.63) is 35.6 Å². The van der Waals surface area contributed by atoms with Crippen LogP contribution in [0.25, 0.3) is 11.3 Å². The summed E-state index contributed by atoms with van der Waals surface area (Å²) in [6.45, 7) is 2.06. The van der Waals surface area contributed by atoms with Gasteiger partial charge in [-0.2, -0.15) is 4.98 Å². The predicted molar refractivity (Wildman–Crippen MR) is 67.8 cm³/mol. The number of oxazole rings is 1. The fourth-order valence-electron chi connectivity index (χ4n) is 1.67. The van der Waals surface area contributed by atoms with Gasteiger partial charge in [0.15, 0.2) is 0 Å². The lowest BCUT2D eigenvalue weighted by molar-refractivity contribution is 0.0665. The molecule has 1 heterocycles. The maximum atomic E-state index is 11.1. The van der Waals surface area contributed by atoms with E-state index >= 15 is 0 Å². The number of hydrogen-bond acceptors (Lipinski definition) is 4. The van der Waals surface area contributed by atoms with E-state index in [-0.39, 0.29) is 11.8 Å². The van der Waals surface area contributed by atoms with Crippen molar-refractivity contribution in [1.29, 1.82) is 0 Å². The van der Waals surface area contributed by atoms with E-state index in [2.05, 4.69) is 17.2 Å². The highest BCUT2D eigenvalue weighted by molar-refractivity contribution is 5.92. The Labute approximate surface area is 104 Å². The first-order chi connectivity index (χ1) is 8.65. The predicted octanol–water partition coefficient (Wildman–Crippen LogP) is 2.64. The van der Waals surface area contributed by atoms with Crippen LogP contribution in [-0.2, 0) is 6.42 Å². The molecule has 1 aromatic carbocycles. The van der Waals surface area contributed by atoms with Gasteiger partial charge in [-0.15, -0.1) is 0 Å². The van der Waals surface area contributed by atoms with E-state index in [1.807, 2.05) is 24.3 Å². The summed E-state index contributed by atoms with van der Waals surface area (Å²) in [5, 5.41) is 11.8. The van der Waals surface area contributed by atoms with Crippen LogP contribution in [0.5, 0.6) is 0 Å². The van der Waals surface area contributed by atoms with Crippen molar-refractivity contribution in [1.82, 2.24) is 4.98 Å². The monoisotopic (exact) mass is 246 g/mol. The van der Waals surface area contributed by atoms with Crippen LogP contribution >= 0.6 is 0 Å². The highest BCUT2D eigenvalue weighted by Gasteiger charge is 2.20. The molecule has 0 radical (unpaired) electrons. The lowest BCUT2D eigenvalue weighted by atomic mass is 10.1. The van der Waals surface area contributed by atoms with Crippen LogP contribution in [0.3, 0.4) is 0 Å². The van der Waals surface area contributed by atoms with Gasteiger partial charge in [0.05, 0.1) is 0 Å². The van der Waals surface area contributed by atoms with E-state index in [4.69, 9.17) is 9.52 Å². The molecule has 0 aliphatic rings. The number of hydrogen-bond donors (Lipinski definition) is 2. The third kappa shape index (κ3) is 2.20. The highest BCUT2D eigenvalue weighted by Crippen LogP contribution is 2.26. The number of nitrogens with one attached hydrogen (secondary N) is 1. The number of aromatic nitrogens is 1. The summed E-state index contributed by atoms with van der Waals surface area (Å²) in [4.78, 5) is 15.2. The Hall–Kier alpha value is -2.30. The van der Waals surface area contributed by atoms with Crippen molar-refractivity contribution < 1.29 is 14.3 Å². The molecule has 0 saturated heterocycles. The van der Waals surface area contributed by atoms with Crippen LogP contribution in [0, 0.1) is 0 Å². The third-order valence-electron chi connectivity index (χ3n) is 2.67. The maximum absolute atomic E-state index is 11.1. The van der Waals surface area contributed by atoms with Gasteiger partial charge in [0.25, 0.3) is 6.01 Å². The number of rotatable bonds is 4. The first-order valence-electron chi connectivity index (χ1n) is 5.67. The summed E-state index contributed by atoms with van der Waals surface area (Å²) < 4.78 is 5.11. The second-order valence-corrected chi connectivity index (χ2v) is 3.80. The van der Waals surface area contributed by atoms with Crippen molar-refractivity contribution >= 4 is 12.0 Å². The SMILES string of the molecule is CCc1ccc(-c2nc(NC)oc2C(=O)O)cc1. The van der Waals surface area contributed by atoms with Gasteiger partial charge in [-0.3, -0.25) is 0 Å². The van der Waals surface area contributed by atoms with E-state index in [0.717, 1.165) is 12.0 Å². The van der Waals surface area contributed by atoms with Crippen molar-refractivity contribution in [3.8, 4) is 11.3 Å². The quantitative estimate of drug-likeness (QED) is 0.867. The molecule has 0 unspecified atom stereocenters. The second kappa shape index (κ2) is 4.91. The number of benzene rings is 1. The zero-order valence-corrected chi connectivity index (χ0v) is 10.2. The van der Waals surface area contributed by atoms with Gasteiger partial charge in [-0.1, -0.05) is 31.2 Å². The average molecular weight is 246 g/mol. The van der Waals surface area contributed by atoms with E-state index in [9.17, 15) is 4.79 Å². The van der Waals surface area contributed by atoms with E-state index in [1.165, 1.54) is 5.56 Å². The van der Waals surface area contributed by atoms with Crippen molar-refractivity contribution in [3.63, 3.8) is 0 Å². The van der Waals surface area contributed by atoms with Gasteiger partial charge >= 0.3 is 5.97 Å². The Balaban J connectivity index is 2.47. The highest BCUT2D eigenvalue weighted by atomic mass is 16.4. The third-order valence-corrected chi connectivity index (χ3v) is 2.67. The molecule has 5 nitrogen and oxygen atoms in total. The molecule has 0 saturated carbocycles. The van der Waals surface area contributed by atoms with Crippen LogP contribution in [-0.4, -0.2) is 23.1 Å². The molecule has 18 heavy (non-hydrogen) atoms. The first-order valence-corrected chi connectivity index (χ1v) is 5.67. The van der Waals surface area contributed by atoms with Crippen molar-refractivity contribution in [2.45, 2.75) is 13.3 Å². The summed E-state index contributed by atoms with van der Waals surface area (Å²) in [6, 6.07) is 7.80. The van der Waals surface area contributed by atoms with E-state index in [1.54, 1.807) is 7.05 Å². The summed E-state index contributed by atoms with van der Waals surface area (Å²) in [5.74, 6) is -1.28. The standard InChI is InChI=1S/C13H14N2O3/c1-3-8-4-6-9(7-5-8)10-11(12(16)17)18-13(14-2)15-10/h4-7H,3H2,1-2H3,(H,14,15)(H,16,17). The average Bonchev–Trinajstić information content (AvgIpc) is 2.83. The minimum atomic E-state index is -1.13. The van der Waals surface area contributed by atoms with Crippen molar-refractivity contribution in [2.75, 3.05) is 12.4 Å². The van der Waals surface area contributed by atoms with E-state index in [0.29, 0.717) is 5.69 Å².